The number of halogens is 1. The van der Waals surface area contributed by atoms with Crippen molar-refractivity contribution in [3.63, 3.8) is 0 Å². The minimum absolute atomic E-state index is 0.219. The third kappa shape index (κ3) is 2.31. The molecule has 3 rings (SSSR count). The van der Waals surface area contributed by atoms with Gasteiger partial charge in [-0.15, -0.1) is 0 Å². The lowest BCUT2D eigenvalue weighted by atomic mass is 10.3. The normalized spacial score (nSPS) is 10.4. The topological polar surface area (TPSA) is 61.7 Å². The predicted octanol–water partition coefficient (Wildman–Crippen LogP) is 4.07. The van der Waals surface area contributed by atoms with Crippen LogP contribution in [0.25, 0.3) is 11.0 Å². The maximum atomic E-state index is 8.74. The molecule has 3 aromatic rings. The fraction of sp³-hybridized carbons (Fsp3) is 0.0667. The lowest BCUT2D eigenvalue weighted by Gasteiger charge is -2.07. The van der Waals surface area contributed by atoms with Gasteiger partial charge in [0.05, 0.1) is 23.0 Å². The summed E-state index contributed by atoms with van der Waals surface area (Å²) in [5, 5.41) is 9.22. The number of para-hydroxylation sites is 1. The molecule has 1 N–H and O–H groups in total. The van der Waals surface area contributed by atoms with Crippen molar-refractivity contribution in [1.82, 2.24) is 9.97 Å². The Hall–Kier alpha value is -2.51. The molecule has 4 nitrogen and oxygen atoms in total. The SMILES string of the molecule is N#CCc1nc2c(Oc3ccccc3)c(Cl)ccc2[nH]1. The van der Waals surface area contributed by atoms with Gasteiger partial charge < -0.3 is 9.72 Å². The summed E-state index contributed by atoms with van der Waals surface area (Å²) in [5.74, 6) is 1.78. The quantitative estimate of drug-likeness (QED) is 0.788. The van der Waals surface area contributed by atoms with Gasteiger partial charge in [0.1, 0.15) is 17.1 Å². The molecule has 0 aliphatic rings. The van der Waals surface area contributed by atoms with E-state index in [1.807, 2.05) is 36.4 Å². The molecule has 0 amide bonds. The van der Waals surface area contributed by atoms with Gasteiger partial charge in [-0.05, 0) is 24.3 Å². The zero-order valence-electron chi connectivity index (χ0n) is 10.4. The molecule has 0 unspecified atom stereocenters. The highest BCUT2D eigenvalue weighted by molar-refractivity contribution is 6.33. The molecular formula is C15H10ClN3O. The second-order valence-electron chi connectivity index (χ2n) is 4.21. The number of H-pyrrole nitrogens is 1. The third-order valence-electron chi connectivity index (χ3n) is 2.82. The van der Waals surface area contributed by atoms with Crippen LogP contribution in [0.3, 0.4) is 0 Å². The summed E-state index contributed by atoms with van der Waals surface area (Å²) >= 11 is 6.20. The molecule has 0 fully saturated rings. The van der Waals surface area contributed by atoms with E-state index in [2.05, 4.69) is 16.0 Å². The van der Waals surface area contributed by atoms with Gasteiger partial charge in [0.15, 0.2) is 5.75 Å². The molecule has 0 atom stereocenters. The van der Waals surface area contributed by atoms with E-state index in [9.17, 15) is 0 Å². The van der Waals surface area contributed by atoms with E-state index in [1.54, 1.807) is 6.07 Å². The fourth-order valence-electron chi connectivity index (χ4n) is 1.94. The highest BCUT2D eigenvalue weighted by Crippen LogP contribution is 2.35. The molecule has 0 spiro atoms. The number of nitrogens with one attached hydrogen (secondary N) is 1. The second-order valence-corrected chi connectivity index (χ2v) is 4.61. The van der Waals surface area contributed by atoms with Gasteiger partial charge in [-0.2, -0.15) is 5.26 Å². The number of hydrogen-bond donors (Lipinski definition) is 1. The number of benzene rings is 2. The highest BCUT2D eigenvalue weighted by Gasteiger charge is 2.13. The first-order valence-corrected chi connectivity index (χ1v) is 6.42. The van der Waals surface area contributed by atoms with Crippen LogP contribution in [0.1, 0.15) is 5.82 Å². The summed E-state index contributed by atoms with van der Waals surface area (Å²) in [4.78, 5) is 7.45. The average molecular weight is 284 g/mol. The van der Waals surface area contributed by atoms with Crippen molar-refractivity contribution in [2.45, 2.75) is 6.42 Å². The van der Waals surface area contributed by atoms with Crippen molar-refractivity contribution >= 4 is 22.6 Å². The molecule has 2 aromatic carbocycles. The number of fused-ring (bicyclic) bond motifs is 1. The Kier molecular flexibility index (Phi) is 3.28. The van der Waals surface area contributed by atoms with Gasteiger partial charge in [-0.1, -0.05) is 29.8 Å². The van der Waals surface area contributed by atoms with E-state index in [1.165, 1.54) is 0 Å². The van der Waals surface area contributed by atoms with Crippen LogP contribution in [0.2, 0.25) is 5.02 Å². The van der Waals surface area contributed by atoms with E-state index in [4.69, 9.17) is 21.6 Å². The molecule has 0 bridgehead atoms. The second kappa shape index (κ2) is 5.24. The number of aromatic amines is 1. The molecule has 0 aliphatic heterocycles. The Bertz CT molecular complexity index is 790. The number of imidazole rings is 1. The van der Waals surface area contributed by atoms with E-state index in [0.29, 0.717) is 27.9 Å². The van der Waals surface area contributed by atoms with Gasteiger partial charge in [-0.25, -0.2) is 4.98 Å². The smallest absolute Gasteiger partial charge is 0.173 e. The number of nitrogens with zero attached hydrogens (tertiary/aromatic N) is 2. The van der Waals surface area contributed by atoms with Crippen molar-refractivity contribution < 1.29 is 4.74 Å². The Labute approximate surface area is 120 Å². The largest absolute Gasteiger partial charge is 0.453 e. The first-order chi connectivity index (χ1) is 9.78. The monoisotopic (exact) mass is 283 g/mol. The fourth-order valence-corrected chi connectivity index (χ4v) is 2.13. The van der Waals surface area contributed by atoms with Gasteiger partial charge >= 0.3 is 0 Å². The van der Waals surface area contributed by atoms with Crippen molar-refractivity contribution in [3.05, 3.63) is 53.3 Å². The van der Waals surface area contributed by atoms with E-state index in [-0.39, 0.29) is 6.42 Å². The van der Waals surface area contributed by atoms with Crippen molar-refractivity contribution in [3.8, 4) is 17.6 Å². The van der Waals surface area contributed by atoms with Crippen LogP contribution in [0.5, 0.6) is 11.5 Å². The molecule has 0 saturated heterocycles. The molecule has 1 heterocycles. The van der Waals surface area contributed by atoms with Crippen molar-refractivity contribution in [2.24, 2.45) is 0 Å². The molecule has 98 valence electrons. The molecular weight excluding hydrogens is 274 g/mol. The summed E-state index contributed by atoms with van der Waals surface area (Å²) in [5.41, 5.74) is 1.43. The van der Waals surface area contributed by atoms with Gasteiger partial charge in [0.2, 0.25) is 0 Å². The van der Waals surface area contributed by atoms with Crippen molar-refractivity contribution in [1.29, 1.82) is 5.26 Å². The summed E-state index contributed by atoms with van der Waals surface area (Å²) < 4.78 is 5.82. The van der Waals surface area contributed by atoms with Crippen LogP contribution in [-0.2, 0) is 6.42 Å². The van der Waals surface area contributed by atoms with E-state index >= 15 is 0 Å². The van der Waals surface area contributed by atoms with E-state index in [0.717, 1.165) is 5.52 Å². The third-order valence-corrected chi connectivity index (χ3v) is 3.12. The number of nitriles is 1. The lowest BCUT2D eigenvalue weighted by molar-refractivity contribution is 0.487. The van der Waals surface area contributed by atoms with Crippen LogP contribution in [0.4, 0.5) is 0 Å². The zero-order chi connectivity index (χ0) is 13.9. The minimum atomic E-state index is 0.219. The van der Waals surface area contributed by atoms with Crippen molar-refractivity contribution in [2.75, 3.05) is 0 Å². The molecule has 1 aromatic heterocycles. The first kappa shape index (κ1) is 12.5. The zero-order valence-corrected chi connectivity index (χ0v) is 11.2. The standard InChI is InChI=1S/C15H10ClN3O/c16-11-6-7-12-14(19-13(18-12)8-9-17)15(11)20-10-4-2-1-3-5-10/h1-7H,8H2,(H,18,19). The number of hydrogen-bond acceptors (Lipinski definition) is 3. The number of ether oxygens (including phenoxy) is 1. The summed E-state index contributed by atoms with van der Waals surface area (Å²) in [6.07, 6.45) is 0.219. The van der Waals surface area contributed by atoms with Gasteiger partial charge in [0, 0.05) is 0 Å². The average Bonchev–Trinajstić information content (AvgIpc) is 2.87. The Balaban J connectivity index is 2.09. The van der Waals surface area contributed by atoms with Crippen LogP contribution in [0.15, 0.2) is 42.5 Å². The van der Waals surface area contributed by atoms with Gasteiger partial charge in [-0.3, -0.25) is 0 Å². The summed E-state index contributed by atoms with van der Waals surface area (Å²) in [7, 11) is 0. The van der Waals surface area contributed by atoms with E-state index < -0.39 is 0 Å². The molecule has 20 heavy (non-hydrogen) atoms. The lowest BCUT2D eigenvalue weighted by Crippen LogP contribution is -1.87. The Morgan fingerprint density at radius 2 is 2.00 bits per heavy atom. The summed E-state index contributed by atoms with van der Waals surface area (Å²) in [6, 6.07) is 15.0. The Morgan fingerprint density at radius 1 is 1.20 bits per heavy atom. The maximum Gasteiger partial charge on any atom is 0.173 e. The predicted molar refractivity (Wildman–Crippen MR) is 76.9 cm³/mol. The Morgan fingerprint density at radius 3 is 2.75 bits per heavy atom. The molecule has 0 radical (unpaired) electrons. The summed E-state index contributed by atoms with van der Waals surface area (Å²) in [6.45, 7) is 0. The molecule has 0 aliphatic carbocycles. The van der Waals surface area contributed by atoms with Crippen LogP contribution in [0, 0.1) is 11.3 Å². The number of rotatable bonds is 3. The van der Waals surface area contributed by atoms with Crippen LogP contribution < -0.4 is 4.74 Å². The highest BCUT2D eigenvalue weighted by atomic mass is 35.5. The molecule has 5 heteroatoms. The van der Waals surface area contributed by atoms with Gasteiger partial charge in [0.25, 0.3) is 0 Å². The number of aromatic nitrogens is 2. The molecule has 0 saturated carbocycles. The maximum absolute atomic E-state index is 8.74. The van der Waals surface area contributed by atoms with Crippen LogP contribution in [-0.4, -0.2) is 9.97 Å². The van der Waals surface area contributed by atoms with Crippen LogP contribution >= 0.6 is 11.6 Å². The minimum Gasteiger partial charge on any atom is -0.453 e. The first-order valence-electron chi connectivity index (χ1n) is 6.05.